The fraction of sp³-hybridized carbons (Fsp3) is 0.870. The summed E-state index contributed by atoms with van der Waals surface area (Å²) in [4.78, 5) is 11.3. The van der Waals surface area contributed by atoms with Crippen molar-refractivity contribution in [1.82, 2.24) is 0 Å². The van der Waals surface area contributed by atoms with Crippen LogP contribution in [0.3, 0.4) is 0 Å². The zero-order valence-corrected chi connectivity index (χ0v) is 17.6. The minimum absolute atomic E-state index is 0.123. The van der Waals surface area contributed by atoms with Gasteiger partial charge in [0, 0.05) is 0 Å². The van der Waals surface area contributed by atoms with E-state index in [-0.39, 0.29) is 16.9 Å². The molecule has 0 aliphatic heterocycles. The molecule has 3 fully saturated rings. The lowest BCUT2D eigenvalue weighted by molar-refractivity contribution is -0.180. The van der Waals surface area contributed by atoms with Crippen LogP contribution in [-0.4, -0.2) is 35.4 Å². The average molecular weight is 415 g/mol. The minimum Gasteiger partial charge on any atom is -0.390 e. The Morgan fingerprint density at radius 3 is 2.55 bits per heavy atom. The van der Waals surface area contributed by atoms with E-state index in [1.807, 2.05) is 6.92 Å². The van der Waals surface area contributed by atoms with E-state index in [1.165, 1.54) is 5.57 Å². The first-order valence-corrected chi connectivity index (χ1v) is 11.0. The topological polar surface area (TPSA) is 46.5 Å². The molecule has 0 spiro atoms. The van der Waals surface area contributed by atoms with Crippen LogP contribution in [-0.2, 0) is 9.53 Å². The first-order valence-electron chi connectivity index (χ1n) is 11.0. The zero-order chi connectivity index (χ0) is 21.2. The second-order valence-corrected chi connectivity index (χ2v) is 10.8. The van der Waals surface area contributed by atoms with Crippen molar-refractivity contribution in [3.05, 3.63) is 11.6 Å². The van der Waals surface area contributed by atoms with Gasteiger partial charge < -0.3 is 9.84 Å². The molecule has 0 aromatic carbocycles. The van der Waals surface area contributed by atoms with E-state index in [0.29, 0.717) is 17.8 Å². The molecule has 3 unspecified atom stereocenters. The highest BCUT2D eigenvalue weighted by Crippen LogP contribution is 2.65. The summed E-state index contributed by atoms with van der Waals surface area (Å²) in [6.07, 6.45) is 4.47. The van der Waals surface area contributed by atoms with E-state index in [0.717, 1.165) is 51.4 Å². The summed E-state index contributed by atoms with van der Waals surface area (Å²) in [5.41, 5.74) is 0.755. The number of allylic oxidation sites excluding steroid dienone is 1. The molecule has 3 nitrogen and oxygen atoms in total. The number of fused-ring (bicyclic) bond motifs is 5. The zero-order valence-electron chi connectivity index (χ0n) is 17.6. The quantitative estimate of drug-likeness (QED) is 0.645. The number of Topliss-reactive ketones (excluding diaryl/α,β-unsaturated/α-hetero) is 1. The number of alkyl halides is 3. The van der Waals surface area contributed by atoms with E-state index >= 15 is 0 Å². The molecule has 4 rings (SSSR count). The number of ketones is 1. The monoisotopic (exact) mass is 414 g/mol. The third-order valence-corrected chi connectivity index (χ3v) is 9.02. The Hall–Kier alpha value is -0.880. The number of aliphatic hydroxyl groups is 1. The van der Waals surface area contributed by atoms with Gasteiger partial charge in [-0.15, -0.1) is 0 Å². The Labute approximate surface area is 171 Å². The third-order valence-electron chi connectivity index (χ3n) is 9.02. The Kier molecular flexibility index (Phi) is 5.02. The second-order valence-electron chi connectivity index (χ2n) is 10.8. The number of carbonyl (C=O) groups is 1. The molecule has 29 heavy (non-hydrogen) atoms. The molecule has 0 amide bonds. The summed E-state index contributed by atoms with van der Waals surface area (Å²) in [5, 5.41) is 10.5. The highest BCUT2D eigenvalue weighted by Gasteiger charge is 2.59. The highest BCUT2D eigenvalue weighted by molar-refractivity contribution is 5.85. The first-order chi connectivity index (χ1) is 13.4. The molecular formula is C23H33F3O3. The highest BCUT2D eigenvalue weighted by atomic mass is 19.4. The first kappa shape index (κ1) is 21.4. The van der Waals surface area contributed by atoms with Gasteiger partial charge in [0.05, 0.1) is 11.7 Å². The van der Waals surface area contributed by atoms with E-state index in [4.69, 9.17) is 4.74 Å². The van der Waals surface area contributed by atoms with Gasteiger partial charge in [-0.05, 0) is 86.9 Å². The summed E-state index contributed by atoms with van der Waals surface area (Å²) in [5.74, 6) is -0.292. The summed E-state index contributed by atoms with van der Waals surface area (Å²) in [6.45, 7) is 5.59. The van der Waals surface area contributed by atoms with Gasteiger partial charge in [-0.1, -0.05) is 25.5 Å². The average Bonchev–Trinajstić information content (AvgIpc) is 2.95. The Bertz CT molecular complexity index is 713. The van der Waals surface area contributed by atoms with Crippen LogP contribution in [0.1, 0.15) is 72.1 Å². The van der Waals surface area contributed by atoms with Crippen molar-refractivity contribution < 1.29 is 27.8 Å². The van der Waals surface area contributed by atoms with E-state index in [1.54, 1.807) is 0 Å². The minimum atomic E-state index is -4.82. The molecule has 7 atom stereocenters. The largest absolute Gasteiger partial charge is 0.452 e. The predicted molar refractivity (Wildman–Crippen MR) is 103 cm³/mol. The molecule has 3 saturated carbocycles. The normalized spacial score (nSPS) is 47.1. The molecule has 0 saturated heterocycles. The molecule has 4 aliphatic rings. The number of hydrogen-bond acceptors (Lipinski definition) is 3. The van der Waals surface area contributed by atoms with Crippen molar-refractivity contribution in [3.8, 4) is 0 Å². The molecule has 0 heterocycles. The molecule has 164 valence electrons. The Morgan fingerprint density at radius 1 is 1.14 bits per heavy atom. The van der Waals surface area contributed by atoms with Gasteiger partial charge in [-0.3, -0.25) is 4.79 Å². The van der Waals surface area contributed by atoms with Crippen LogP contribution in [0.2, 0.25) is 0 Å². The fourth-order valence-electron chi connectivity index (χ4n) is 7.29. The standard InChI is InChI=1S/C23H33F3O3/c1-20(28)10-11-21(2)14(12-20)4-5-15-16-6-7-19(22(16,3)9-8-17(15)21)29-13-18(27)23(24,25)26/h4,15-17,19,28H,5-13H2,1-3H3/t15?,16?,17?,19-,20-,21-,22-/m0/s1. The van der Waals surface area contributed by atoms with Crippen molar-refractivity contribution in [3.63, 3.8) is 0 Å². The smallest absolute Gasteiger partial charge is 0.390 e. The lowest BCUT2D eigenvalue weighted by Gasteiger charge is -2.58. The van der Waals surface area contributed by atoms with Gasteiger partial charge in [0.15, 0.2) is 0 Å². The van der Waals surface area contributed by atoms with Crippen LogP contribution in [0.25, 0.3) is 0 Å². The van der Waals surface area contributed by atoms with Crippen molar-refractivity contribution >= 4 is 5.78 Å². The molecule has 4 aliphatic carbocycles. The number of halogens is 3. The SMILES string of the molecule is C[C@]1(O)CC[C@@]2(C)C(=CCC3C2CC[C@@]2(C)C3CC[C@@H]2OCC(=O)C(F)(F)F)C1. The van der Waals surface area contributed by atoms with Crippen LogP contribution >= 0.6 is 0 Å². The van der Waals surface area contributed by atoms with Crippen LogP contribution in [0.15, 0.2) is 11.6 Å². The molecular weight excluding hydrogens is 381 g/mol. The third kappa shape index (κ3) is 3.48. The number of rotatable bonds is 3. The van der Waals surface area contributed by atoms with Gasteiger partial charge in [0.1, 0.15) is 6.61 Å². The Balaban J connectivity index is 1.51. The predicted octanol–water partition coefficient (Wildman–Crippen LogP) is 5.22. The lowest BCUT2D eigenvalue weighted by Crippen LogP contribution is -2.52. The maximum absolute atomic E-state index is 12.6. The van der Waals surface area contributed by atoms with Crippen molar-refractivity contribution in [2.75, 3.05) is 6.61 Å². The summed E-state index contributed by atoms with van der Waals surface area (Å²) >= 11 is 0. The fourth-order valence-corrected chi connectivity index (χ4v) is 7.29. The summed E-state index contributed by atoms with van der Waals surface area (Å²) < 4.78 is 43.3. The van der Waals surface area contributed by atoms with E-state index in [2.05, 4.69) is 19.9 Å². The van der Waals surface area contributed by atoms with Crippen LogP contribution in [0.5, 0.6) is 0 Å². The van der Waals surface area contributed by atoms with Crippen molar-refractivity contribution in [1.29, 1.82) is 0 Å². The molecule has 0 radical (unpaired) electrons. The molecule has 6 heteroatoms. The summed E-state index contributed by atoms with van der Waals surface area (Å²) in [7, 11) is 0. The van der Waals surface area contributed by atoms with E-state index < -0.39 is 24.2 Å². The molecule has 0 bridgehead atoms. The van der Waals surface area contributed by atoms with Crippen LogP contribution < -0.4 is 0 Å². The summed E-state index contributed by atoms with van der Waals surface area (Å²) in [6, 6.07) is 0. The van der Waals surface area contributed by atoms with Gasteiger partial charge in [-0.2, -0.15) is 13.2 Å². The number of ether oxygens (including phenoxy) is 1. The van der Waals surface area contributed by atoms with Crippen molar-refractivity contribution in [2.24, 2.45) is 28.6 Å². The van der Waals surface area contributed by atoms with Gasteiger partial charge in [0.25, 0.3) is 5.78 Å². The van der Waals surface area contributed by atoms with Crippen molar-refractivity contribution in [2.45, 2.75) is 90.0 Å². The molecule has 0 aromatic rings. The lowest BCUT2D eigenvalue weighted by atomic mass is 9.47. The number of carbonyl (C=O) groups excluding carboxylic acids is 1. The van der Waals surface area contributed by atoms with Crippen LogP contribution in [0.4, 0.5) is 13.2 Å². The van der Waals surface area contributed by atoms with Gasteiger partial charge in [-0.25, -0.2) is 0 Å². The maximum atomic E-state index is 12.6. The maximum Gasteiger partial charge on any atom is 0.452 e. The van der Waals surface area contributed by atoms with Gasteiger partial charge >= 0.3 is 6.18 Å². The van der Waals surface area contributed by atoms with E-state index in [9.17, 15) is 23.1 Å². The number of hydrogen-bond donors (Lipinski definition) is 1. The second kappa shape index (κ2) is 6.81. The molecule has 1 N–H and O–H groups in total. The van der Waals surface area contributed by atoms with Crippen LogP contribution in [0, 0.1) is 28.6 Å². The van der Waals surface area contributed by atoms with Gasteiger partial charge in [0.2, 0.25) is 0 Å². The molecule has 0 aromatic heterocycles. The Morgan fingerprint density at radius 2 is 1.86 bits per heavy atom.